The summed E-state index contributed by atoms with van der Waals surface area (Å²) >= 11 is 4.38. The van der Waals surface area contributed by atoms with E-state index in [4.69, 9.17) is 0 Å². The number of benzene rings is 2. The van der Waals surface area contributed by atoms with E-state index in [-0.39, 0.29) is 5.57 Å². The number of carbonyl (C=O) groups is 3. The predicted octanol–water partition coefficient (Wildman–Crippen LogP) is 3.91. The molecule has 0 atom stereocenters. The van der Waals surface area contributed by atoms with E-state index in [1.54, 1.807) is 24.3 Å². The molecule has 1 fully saturated rings. The van der Waals surface area contributed by atoms with Crippen LogP contribution >= 0.6 is 45.2 Å². The van der Waals surface area contributed by atoms with E-state index in [2.05, 4.69) is 55.8 Å². The van der Waals surface area contributed by atoms with Crippen molar-refractivity contribution in [2.75, 3.05) is 17.3 Å². The molecule has 0 spiro atoms. The zero-order valence-corrected chi connectivity index (χ0v) is 18.8. The molecular weight excluding hydrogens is 572 g/mol. The maximum atomic E-state index is 12.9. The summed E-state index contributed by atoms with van der Waals surface area (Å²) in [4.78, 5) is 38.4. The second-order valence-corrected chi connectivity index (χ2v) is 8.23. The van der Waals surface area contributed by atoms with Crippen molar-refractivity contribution in [2.24, 2.45) is 0 Å². The molecule has 8 heteroatoms. The van der Waals surface area contributed by atoms with Crippen molar-refractivity contribution in [1.29, 1.82) is 0 Å². The average Bonchev–Trinajstić information content (AvgIpc) is 2.60. The number of carbonyl (C=O) groups excluding carboxylic acids is 3. The van der Waals surface area contributed by atoms with E-state index < -0.39 is 17.8 Å². The molecule has 1 aliphatic heterocycles. The lowest BCUT2D eigenvalue weighted by Crippen LogP contribution is -2.54. The number of hydrogen-bond donors (Lipinski definition) is 2. The fraction of sp³-hybridized carbons (Fsp3) is 0.105. The maximum absolute atomic E-state index is 12.9. The monoisotopic (exact) mass is 587 g/mol. The van der Waals surface area contributed by atoms with Crippen molar-refractivity contribution in [3.63, 3.8) is 0 Å². The molecule has 1 aliphatic rings. The smallest absolute Gasteiger partial charge is 0.335 e. The number of anilines is 2. The lowest BCUT2D eigenvalue weighted by molar-refractivity contribution is -0.122. The van der Waals surface area contributed by atoms with Gasteiger partial charge in [-0.2, -0.15) is 0 Å². The third kappa shape index (κ3) is 4.00. The number of aryl methyl sites for hydroxylation is 1. The standard InChI is InChI=1S/C19H15I2N3O3/c1-10-3-5-12(6-4-10)24-18(26)13(17(25)23-19(24)27)7-11-8-14(20)16(22-2)15(21)9-11/h3-9,22H,1-2H3,(H,23,25,27). The van der Waals surface area contributed by atoms with Crippen LogP contribution in [0.4, 0.5) is 16.2 Å². The van der Waals surface area contributed by atoms with Crippen LogP contribution in [0.15, 0.2) is 42.0 Å². The van der Waals surface area contributed by atoms with Crippen molar-refractivity contribution in [3.05, 3.63) is 60.2 Å². The molecular formula is C19H15I2N3O3. The molecule has 3 rings (SSSR count). The summed E-state index contributed by atoms with van der Waals surface area (Å²) in [6.07, 6.45) is 1.51. The summed E-state index contributed by atoms with van der Waals surface area (Å²) in [6.45, 7) is 1.91. The Kier molecular flexibility index (Phi) is 5.84. The van der Waals surface area contributed by atoms with E-state index in [0.29, 0.717) is 11.3 Å². The molecule has 138 valence electrons. The Morgan fingerprint density at radius 1 is 1.04 bits per heavy atom. The molecule has 4 amide bonds. The summed E-state index contributed by atoms with van der Waals surface area (Å²) in [7, 11) is 1.83. The molecule has 27 heavy (non-hydrogen) atoms. The Morgan fingerprint density at radius 3 is 2.19 bits per heavy atom. The summed E-state index contributed by atoms with van der Waals surface area (Å²) in [5.41, 5.74) is 3.02. The highest BCUT2D eigenvalue weighted by Gasteiger charge is 2.36. The van der Waals surface area contributed by atoms with Gasteiger partial charge in [0.15, 0.2) is 0 Å². The summed E-state index contributed by atoms with van der Waals surface area (Å²) < 4.78 is 1.92. The van der Waals surface area contributed by atoms with Gasteiger partial charge in [-0.15, -0.1) is 0 Å². The van der Waals surface area contributed by atoms with Crippen molar-refractivity contribution in [3.8, 4) is 0 Å². The van der Waals surface area contributed by atoms with Crippen LogP contribution in [-0.4, -0.2) is 24.9 Å². The van der Waals surface area contributed by atoms with E-state index in [0.717, 1.165) is 23.3 Å². The van der Waals surface area contributed by atoms with Gasteiger partial charge >= 0.3 is 6.03 Å². The number of halogens is 2. The van der Waals surface area contributed by atoms with Crippen LogP contribution in [0.2, 0.25) is 0 Å². The SMILES string of the molecule is CNc1c(I)cc(C=C2C(=O)NC(=O)N(c3ccc(C)cc3)C2=O)cc1I. The lowest BCUT2D eigenvalue weighted by Gasteiger charge is -2.26. The fourth-order valence-electron chi connectivity index (χ4n) is 2.67. The molecule has 1 saturated heterocycles. The highest BCUT2D eigenvalue weighted by atomic mass is 127. The third-order valence-corrected chi connectivity index (χ3v) is 5.72. The summed E-state index contributed by atoms with van der Waals surface area (Å²) in [5, 5.41) is 5.35. The largest absolute Gasteiger partial charge is 0.386 e. The van der Waals surface area contributed by atoms with E-state index in [9.17, 15) is 14.4 Å². The molecule has 0 saturated carbocycles. The quantitative estimate of drug-likeness (QED) is 0.325. The van der Waals surface area contributed by atoms with Crippen LogP contribution in [0.3, 0.4) is 0 Å². The Balaban J connectivity index is 2.03. The molecule has 2 aromatic carbocycles. The van der Waals surface area contributed by atoms with Crippen LogP contribution in [0.25, 0.3) is 6.08 Å². The van der Waals surface area contributed by atoms with Crippen LogP contribution in [0.5, 0.6) is 0 Å². The van der Waals surface area contributed by atoms with Crippen molar-refractivity contribution in [2.45, 2.75) is 6.92 Å². The van der Waals surface area contributed by atoms with Gasteiger partial charge in [-0.25, -0.2) is 9.69 Å². The highest BCUT2D eigenvalue weighted by molar-refractivity contribution is 14.1. The topological polar surface area (TPSA) is 78.5 Å². The second-order valence-electron chi connectivity index (χ2n) is 5.90. The molecule has 0 aliphatic carbocycles. The van der Waals surface area contributed by atoms with Gasteiger partial charge in [0.1, 0.15) is 5.57 Å². The van der Waals surface area contributed by atoms with Crippen molar-refractivity contribution < 1.29 is 14.4 Å². The zero-order valence-electron chi connectivity index (χ0n) is 14.5. The number of barbiturate groups is 1. The Morgan fingerprint density at radius 2 is 1.63 bits per heavy atom. The summed E-state index contributed by atoms with van der Waals surface area (Å²) in [5.74, 6) is -1.34. The number of rotatable bonds is 3. The minimum atomic E-state index is -0.749. The number of nitrogens with zero attached hydrogens (tertiary/aromatic N) is 1. The van der Waals surface area contributed by atoms with Crippen molar-refractivity contribution in [1.82, 2.24) is 5.32 Å². The third-order valence-electron chi connectivity index (χ3n) is 4.02. The fourth-order valence-corrected chi connectivity index (χ4v) is 5.02. The first-order chi connectivity index (χ1) is 12.8. The molecule has 0 aromatic heterocycles. The molecule has 0 radical (unpaired) electrons. The maximum Gasteiger partial charge on any atom is 0.335 e. The van der Waals surface area contributed by atoms with E-state index in [1.165, 1.54) is 6.08 Å². The zero-order chi connectivity index (χ0) is 19.7. The van der Waals surface area contributed by atoms with E-state index in [1.807, 2.05) is 26.1 Å². The van der Waals surface area contributed by atoms with Gasteiger partial charge in [-0.1, -0.05) is 17.7 Å². The van der Waals surface area contributed by atoms with Gasteiger partial charge in [0.05, 0.1) is 11.4 Å². The first-order valence-corrected chi connectivity index (χ1v) is 10.1. The minimum Gasteiger partial charge on any atom is -0.386 e. The Hall–Kier alpha value is -1.95. The highest BCUT2D eigenvalue weighted by Crippen LogP contribution is 2.28. The average molecular weight is 587 g/mol. The second kappa shape index (κ2) is 7.97. The molecule has 2 N–H and O–H groups in total. The number of hydrogen-bond acceptors (Lipinski definition) is 4. The van der Waals surface area contributed by atoms with Crippen LogP contribution in [-0.2, 0) is 9.59 Å². The van der Waals surface area contributed by atoms with Gasteiger partial charge in [0.2, 0.25) is 0 Å². The van der Waals surface area contributed by atoms with Crippen LogP contribution in [0.1, 0.15) is 11.1 Å². The lowest BCUT2D eigenvalue weighted by atomic mass is 10.1. The molecule has 0 bridgehead atoms. The number of imide groups is 2. The minimum absolute atomic E-state index is 0.0843. The van der Waals surface area contributed by atoms with Gasteiger partial charge < -0.3 is 5.32 Å². The normalized spacial score (nSPS) is 15.9. The first kappa shape index (κ1) is 19.8. The summed E-state index contributed by atoms with van der Waals surface area (Å²) in [6, 6.07) is 9.94. The first-order valence-electron chi connectivity index (χ1n) is 7.96. The Bertz CT molecular complexity index is 961. The van der Waals surface area contributed by atoms with Crippen LogP contribution in [0, 0.1) is 14.1 Å². The Labute approximate surface area is 183 Å². The number of nitrogens with one attached hydrogen (secondary N) is 2. The number of amides is 4. The van der Waals surface area contributed by atoms with Gasteiger partial charge in [0.25, 0.3) is 11.8 Å². The van der Waals surface area contributed by atoms with Crippen molar-refractivity contribution >= 4 is 80.5 Å². The molecule has 1 heterocycles. The van der Waals surface area contributed by atoms with Gasteiger partial charge in [-0.05, 0) is 88.0 Å². The van der Waals surface area contributed by atoms with E-state index >= 15 is 0 Å². The number of urea groups is 1. The van der Waals surface area contributed by atoms with Crippen LogP contribution < -0.4 is 15.5 Å². The van der Waals surface area contributed by atoms with Gasteiger partial charge in [-0.3, -0.25) is 14.9 Å². The molecule has 0 unspecified atom stereocenters. The predicted molar refractivity (Wildman–Crippen MR) is 122 cm³/mol. The van der Waals surface area contributed by atoms with Gasteiger partial charge in [0, 0.05) is 14.2 Å². The molecule has 2 aromatic rings. The molecule has 6 nitrogen and oxygen atoms in total.